The highest BCUT2D eigenvalue weighted by Crippen LogP contribution is 2.29. The zero-order chi connectivity index (χ0) is 18.0. The summed E-state index contributed by atoms with van der Waals surface area (Å²) in [4.78, 5) is 12.2. The molecule has 1 atom stereocenters. The van der Waals surface area contributed by atoms with E-state index in [2.05, 4.69) is 5.32 Å². The van der Waals surface area contributed by atoms with Crippen molar-refractivity contribution >= 4 is 15.9 Å². The Labute approximate surface area is 138 Å². The predicted molar refractivity (Wildman–Crippen MR) is 82.4 cm³/mol. The maximum absolute atomic E-state index is 12.7. The Balaban J connectivity index is 1.96. The van der Waals surface area contributed by atoms with Crippen LogP contribution >= 0.6 is 0 Å². The number of nitrogens with zero attached hydrogens (tertiary/aromatic N) is 1. The minimum atomic E-state index is -4.43. The number of rotatable bonds is 4. The van der Waals surface area contributed by atoms with Gasteiger partial charge in [-0.1, -0.05) is 12.1 Å². The molecule has 0 aromatic heterocycles. The molecule has 2 rings (SSSR count). The zero-order valence-corrected chi connectivity index (χ0v) is 14.0. The Kier molecular flexibility index (Phi) is 5.54. The Bertz CT molecular complexity index is 704. The van der Waals surface area contributed by atoms with Gasteiger partial charge in [0.05, 0.1) is 17.7 Å². The molecule has 1 N–H and O–H groups in total. The van der Waals surface area contributed by atoms with Crippen LogP contribution in [0.25, 0.3) is 0 Å². The van der Waals surface area contributed by atoms with Gasteiger partial charge in [-0.3, -0.25) is 4.79 Å². The lowest BCUT2D eigenvalue weighted by molar-refractivity contribution is -0.137. The SMILES string of the molecule is CS(=O)(=O)N1CCC[C@@H](C(=O)NCc2cccc(C(F)(F)F)c2)C1. The molecule has 1 aromatic carbocycles. The van der Waals surface area contributed by atoms with Crippen molar-refractivity contribution in [1.82, 2.24) is 9.62 Å². The Morgan fingerprint density at radius 1 is 1.38 bits per heavy atom. The molecule has 0 unspecified atom stereocenters. The van der Waals surface area contributed by atoms with Crippen LogP contribution in [0.2, 0.25) is 0 Å². The Morgan fingerprint density at radius 2 is 2.08 bits per heavy atom. The van der Waals surface area contributed by atoms with Crippen molar-refractivity contribution in [1.29, 1.82) is 0 Å². The molecule has 1 saturated heterocycles. The fourth-order valence-electron chi connectivity index (χ4n) is 2.65. The van der Waals surface area contributed by atoms with Crippen molar-refractivity contribution in [2.24, 2.45) is 5.92 Å². The summed E-state index contributed by atoms with van der Waals surface area (Å²) < 4.78 is 62.3. The lowest BCUT2D eigenvalue weighted by atomic mass is 9.98. The second kappa shape index (κ2) is 7.10. The summed E-state index contributed by atoms with van der Waals surface area (Å²) in [6, 6.07) is 4.75. The van der Waals surface area contributed by atoms with E-state index in [1.54, 1.807) is 0 Å². The summed E-state index contributed by atoms with van der Waals surface area (Å²) in [5.74, 6) is -0.833. The largest absolute Gasteiger partial charge is 0.416 e. The van der Waals surface area contributed by atoms with E-state index in [-0.39, 0.29) is 19.0 Å². The molecule has 0 saturated carbocycles. The molecule has 0 spiro atoms. The van der Waals surface area contributed by atoms with E-state index in [0.717, 1.165) is 18.4 Å². The number of benzene rings is 1. The molecule has 1 fully saturated rings. The number of carbonyl (C=O) groups is 1. The molecule has 24 heavy (non-hydrogen) atoms. The van der Waals surface area contributed by atoms with E-state index in [1.807, 2.05) is 0 Å². The van der Waals surface area contributed by atoms with Gasteiger partial charge < -0.3 is 5.32 Å². The number of piperidine rings is 1. The normalized spacial score (nSPS) is 19.9. The molecule has 0 bridgehead atoms. The van der Waals surface area contributed by atoms with Crippen LogP contribution in [-0.2, 0) is 27.5 Å². The number of carbonyl (C=O) groups excluding carboxylic acids is 1. The highest BCUT2D eigenvalue weighted by atomic mass is 32.2. The summed E-state index contributed by atoms with van der Waals surface area (Å²) in [6.45, 7) is 0.460. The number of alkyl halides is 3. The minimum Gasteiger partial charge on any atom is -0.352 e. The van der Waals surface area contributed by atoms with Crippen molar-refractivity contribution in [3.63, 3.8) is 0 Å². The molecule has 5 nitrogen and oxygen atoms in total. The summed E-state index contributed by atoms with van der Waals surface area (Å²) >= 11 is 0. The van der Waals surface area contributed by atoms with Gasteiger partial charge in [0.2, 0.25) is 15.9 Å². The summed E-state index contributed by atoms with van der Waals surface area (Å²) in [5.41, 5.74) is -0.427. The van der Waals surface area contributed by atoms with Crippen molar-refractivity contribution in [2.45, 2.75) is 25.6 Å². The van der Waals surface area contributed by atoms with Gasteiger partial charge in [0.25, 0.3) is 0 Å². The van der Waals surface area contributed by atoms with Crippen molar-refractivity contribution in [3.05, 3.63) is 35.4 Å². The van der Waals surface area contributed by atoms with E-state index < -0.39 is 27.7 Å². The van der Waals surface area contributed by atoms with E-state index in [4.69, 9.17) is 0 Å². The van der Waals surface area contributed by atoms with Crippen LogP contribution in [0.4, 0.5) is 13.2 Å². The van der Waals surface area contributed by atoms with Gasteiger partial charge >= 0.3 is 6.18 Å². The van der Waals surface area contributed by atoms with Crippen molar-refractivity contribution < 1.29 is 26.4 Å². The van der Waals surface area contributed by atoms with Gasteiger partial charge in [-0.25, -0.2) is 12.7 Å². The molecular weight excluding hydrogens is 345 g/mol. The van der Waals surface area contributed by atoms with Gasteiger partial charge in [0, 0.05) is 19.6 Å². The lowest BCUT2D eigenvalue weighted by Gasteiger charge is -2.30. The predicted octanol–water partition coefficient (Wildman–Crippen LogP) is 1.99. The number of amides is 1. The Morgan fingerprint density at radius 3 is 2.71 bits per heavy atom. The van der Waals surface area contributed by atoms with Gasteiger partial charge in [-0.2, -0.15) is 13.2 Å². The third-order valence-electron chi connectivity index (χ3n) is 3.94. The molecule has 134 valence electrons. The molecule has 1 aliphatic rings. The highest BCUT2D eigenvalue weighted by molar-refractivity contribution is 7.88. The maximum Gasteiger partial charge on any atom is 0.416 e. The molecule has 1 amide bonds. The van der Waals surface area contributed by atoms with Crippen LogP contribution < -0.4 is 5.32 Å². The van der Waals surface area contributed by atoms with Crippen molar-refractivity contribution in [2.75, 3.05) is 19.3 Å². The second-order valence-corrected chi connectivity index (χ2v) is 7.86. The standard InChI is InChI=1S/C15H19F3N2O3S/c1-24(22,23)20-7-3-5-12(10-20)14(21)19-9-11-4-2-6-13(8-11)15(16,17)18/h2,4,6,8,12H,3,5,7,9-10H2,1H3,(H,19,21)/t12-/m1/s1. The van der Waals surface area contributed by atoms with Gasteiger partial charge in [0.1, 0.15) is 0 Å². The van der Waals surface area contributed by atoms with E-state index in [1.165, 1.54) is 16.4 Å². The quantitative estimate of drug-likeness (QED) is 0.889. The molecule has 1 aliphatic heterocycles. The monoisotopic (exact) mass is 364 g/mol. The topological polar surface area (TPSA) is 66.5 Å². The number of hydrogen-bond acceptors (Lipinski definition) is 3. The smallest absolute Gasteiger partial charge is 0.352 e. The first-order chi connectivity index (χ1) is 11.1. The van der Waals surface area contributed by atoms with Crippen LogP contribution in [0.5, 0.6) is 0 Å². The average Bonchev–Trinajstić information content (AvgIpc) is 2.51. The minimum absolute atomic E-state index is 0.0296. The third kappa shape index (κ3) is 4.94. The van der Waals surface area contributed by atoms with E-state index >= 15 is 0 Å². The van der Waals surface area contributed by atoms with Crippen molar-refractivity contribution in [3.8, 4) is 0 Å². The number of nitrogens with one attached hydrogen (secondary N) is 1. The molecule has 0 radical (unpaired) electrons. The molecule has 0 aliphatic carbocycles. The van der Waals surface area contributed by atoms with Crippen LogP contribution in [0.3, 0.4) is 0 Å². The molecule has 9 heteroatoms. The van der Waals surface area contributed by atoms with Crippen LogP contribution in [0.1, 0.15) is 24.0 Å². The van der Waals surface area contributed by atoms with Crippen LogP contribution in [-0.4, -0.2) is 38.0 Å². The zero-order valence-electron chi connectivity index (χ0n) is 13.1. The summed E-state index contributed by atoms with van der Waals surface area (Å²) in [5, 5.41) is 2.59. The number of hydrogen-bond donors (Lipinski definition) is 1. The fraction of sp³-hybridized carbons (Fsp3) is 0.533. The molecular formula is C15H19F3N2O3S. The van der Waals surface area contributed by atoms with Gasteiger partial charge in [0.15, 0.2) is 0 Å². The maximum atomic E-state index is 12.7. The lowest BCUT2D eigenvalue weighted by Crippen LogP contribution is -2.44. The first-order valence-corrected chi connectivity index (χ1v) is 9.31. The van der Waals surface area contributed by atoms with Crippen LogP contribution in [0.15, 0.2) is 24.3 Å². The first-order valence-electron chi connectivity index (χ1n) is 7.46. The summed E-state index contributed by atoms with van der Waals surface area (Å²) in [6.07, 6.45) is -2.20. The fourth-order valence-corrected chi connectivity index (χ4v) is 3.56. The highest BCUT2D eigenvalue weighted by Gasteiger charge is 2.31. The van der Waals surface area contributed by atoms with E-state index in [0.29, 0.717) is 24.9 Å². The Hall–Kier alpha value is -1.61. The first kappa shape index (κ1) is 18.7. The molecule has 1 heterocycles. The average molecular weight is 364 g/mol. The van der Waals surface area contributed by atoms with Crippen LogP contribution in [0, 0.1) is 5.92 Å². The second-order valence-electron chi connectivity index (χ2n) is 5.88. The number of halogens is 3. The third-order valence-corrected chi connectivity index (χ3v) is 5.21. The van der Waals surface area contributed by atoms with E-state index in [9.17, 15) is 26.4 Å². The van der Waals surface area contributed by atoms with Gasteiger partial charge in [-0.15, -0.1) is 0 Å². The number of sulfonamides is 1. The van der Waals surface area contributed by atoms with Gasteiger partial charge in [-0.05, 0) is 30.5 Å². The summed E-state index contributed by atoms with van der Waals surface area (Å²) in [7, 11) is -3.35. The molecule has 1 aromatic rings.